The number of carbonyl (C=O) groups excluding carboxylic acids is 1. The van der Waals surface area contributed by atoms with E-state index in [4.69, 9.17) is 9.47 Å². The Hall–Kier alpha value is -2.53. The largest absolute Gasteiger partial charge is 0.465 e. The number of carbonyl (C=O) groups is 2. The molecule has 2 aliphatic rings. The van der Waals surface area contributed by atoms with Gasteiger partial charge in [0.2, 0.25) is 0 Å². The Balaban J connectivity index is 1.82. The lowest BCUT2D eigenvalue weighted by atomic mass is 9.83. The topological polar surface area (TPSA) is 82.5 Å². The average molecular weight is 516 g/mol. The zero-order chi connectivity index (χ0) is 26.5. The first-order valence-electron chi connectivity index (χ1n) is 12.1. The second-order valence-electron chi connectivity index (χ2n) is 10.5. The first kappa shape index (κ1) is 28.0. The van der Waals surface area contributed by atoms with E-state index in [1.54, 1.807) is 16.9 Å². The summed E-state index contributed by atoms with van der Waals surface area (Å²) >= 11 is 0. The third-order valence-corrected chi connectivity index (χ3v) is 6.70. The standard InChI is InChI=1S/C25H36F3N3O5/c1-24(2,17-35-3)16-31(23(33)34)14-18-12-20(19-4-6-21(7-5-19)25(26,27)28)15-30(13-18)22(32)29-8-10-36-11-9-29/h4-7,18,20H,8-17H2,1-3H3,(H,33,34). The molecule has 0 bridgehead atoms. The van der Waals surface area contributed by atoms with Crippen LogP contribution in [-0.2, 0) is 15.7 Å². The van der Waals surface area contributed by atoms with Crippen molar-refractivity contribution < 1.29 is 37.3 Å². The molecule has 11 heteroatoms. The summed E-state index contributed by atoms with van der Waals surface area (Å²) in [7, 11) is 1.57. The molecule has 1 aromatic rings. The maximum absolute atomic E-state index is 13.3. The minimum Gasteiger partial charge on any atom is -0.465 e. The number of methoxy groups -OCH3 is 1. The van der Waals surface area contributed by atoms with Gasteiger partial charge in [-0.3, -0.25) is 0 Å². The zero-order valence-corrected chi connectivity index (χ0v) is 21.1. The number of urea groups is 1. The number of carboxylic acid groups (broad SMARTS) is 1. The Morgan fingerprint density at radius 3 is 2.31 bits per heavy atom. The number of piperidine rings is 1. The number of hydrogen-bond acceptors (Lipinski definition) is 4. The highest BCUT2D eigenvalue weighted by atomic mass is 19.4. The van der Waals surface area contributed by atoms with Gasteiger partial charge in [0.15, 0.2) is 0 Å². The van der Waals surface area contributed by atoms with Crippen LogP contribution in [0.3, 0.4) is 0 Å². The van der Waals surface area contributed by atoms with Crippen molar-refractivity contribution in [2.24, 2.45) is 11.3 Å². The first-order chi connectivity index (χ1) is 16.9. The Kier molecular flexibility index (Phi) is 9.10. The van der Waals surface area contributed by atoms with Gasteiger partial charge in [-0.25, -0.2) is 9.59 Å². The van der Waals surface area contributed by atoms with E-state index in [2.05, 4.69) is 0 Å². The normalized spacial score (nSPS) is 21.4. The molecule has 2 unspecified atom stereocenters. The van der Waals surface area contributed by atoms with Gasteiger partial charge in [0.05, 0.1) is 25.4 Å². The fourth-order valence-corrected chi connectivity index (χ4v) is 5.11. The molecule has 1 N–H and O–H groups in total. The summed E-state index contributed by atoms with van der Waals surface area (Å²) in [6.07, 6.45) is -4.92. The Bertz CT molecular complexity index is 888. The fourth-order valence-electron chi connectivity index (χ4n) is 5.11. The van der Waals surface area contributed by atoms with Crippen molar-refractivity contribution >= 4 is 12.1 Å². The molecule has 2 heterocycles. The Morgan fingerprint density at radius 2 is 1.75 bits per heavy atom. The van der Waals surface area contributed by atoms with Gasteiger partial charge in [-0.15, -0.1) is 0 Å². The number of rotatable bonds is 7. The van der Waals surface area contributed by atoms with Crippen LogP contribution in [0.1, 0.15) is 37.3 Å². The number of nitrogens with zero attached hydrogens (tertiary/aromatic N) is 3. The van der Waals surface area contributed by atoms with E-state index in [1.807, 2.05) is 13.8 Å². The molecular formula is C25H36F3N3O5. The van der Waals surface area contributed by atoms with E-state index in [-0.39, 0.29) is 31.0 Å². The van der Waals surface area contributed by atoms with E-state index in [1.165, 1.54) is 17.0 Å². The smallest absolute Gasteiger partial charge is 0.416 e. The second kappa shape index (κ2) is 11.7. The minimum atomic E-state index is -4.43. The van der Waals surface area contributed by atoms with Crippen molar-refractivity contribution in [1.29, 1.82) is 0 Å². The molecular weight excluding hydrogens is 479 g/mol. The van der Waals surface area contributed by atoms with Crippen LogP contribution in [0.4, 0.5) is 22.8 Å². The monoisotopic (exact) mass is 515 g/mol. The first-order valence-corrected chi connectivity index (χ1v) is 12.1. The van der Waals surface area contributed by atoms with Gasteiger partial charge in [0.25, 0.3) is 0 Å². The molecule has 0 aliphatic carbocycles. The van der Waals surface area contributed by atoms with Gasteiger partial charge in [-0.05, 0) is 30.0 Å². The molecule has 0 radical (unpaired) electrons. The molecule has 202 valence electrons. The number of morpholine rings is 1. The predicted molar refractivity (Wildman–Crippen MR) is 127 cm³/mol. The van der Waals surface area contributed by atoms with Gasteiger partial charge in [0.1, 0.15) is 0 Å². The van der Waals surface area contributed by atoms with Crippen LogP contribution in [0, 0.1) is 11.3 Å². The summed E-state index contributed by atoms with van der Waals surface area (Å²) < 4.78 is 49.8. The van der Waals surface area contributed by atoms with Crippen molar-refractivity contribution in [2.75, 3.05) is 66.2 Å². The molecule has 1 aromatic carbocycles. The van der Waals surface area contributed by atoms with Crippen molar-refractivity contribution in [2.45, 2.75) is 32.4 Å². The highest BCUT2D eigenvalue weighted by Gasteiger charge is 2.36. The number of alkyl halides is 3. The second-order valence-corrected chi connectivity index (χ2v) is 10.5. The number of likely N-dealkylation sites (tertiary alicyclic amines) is 1. The van der Waals surface area contributed by atoms with Crippen molar-refractivity contribution in [3.63, 3.8) is 0 Å². The zero-order valence-electron chi connectivity index (χ0n) is 21.1. The molecule has 0 spiro atoms. The van der Waals surface area contributed by atoms with E-state index in [0.717, 1.165) is 12.1 Å². The number of hydrogen-bond donors (Lipinski definition) is 1. The molecule has 0 saturated carbocycles. The third kappa shape index (κ3) is 7.49. The van der Waals surface area contributed by atoms with Crippen molar-refractivity contribution in [3.05, 3.63) is 35.4 Å². The van der Waals surface area contributed by atoms with E-state index >= 15 is 0 Å². The highest BCUT2D eigenvalue weighted by molar-refractivity contribution is 5.75. The average Bonchev–Trinajstić information content (AvgIpc) is 2.83. The van der Waals surface area contributed by atoms with Crippen LogP contribution in [0.15, 0.2) is 24.3 Å². The molecule has 3 amide bonds. The SMILES string of the molecule is COCC(C)(C)CN(CC1CC(c2ccc(C(F)(F)F)cc2)CN(C(=O)N2CCOCC2)C1)C(=O)O. The van der Waals surface area contributed by atoms with Crippen LogP contribution >= 0.6 is 0 Å². The lowest BCUT2D eigenvalue weighted by Gasteiger charge is -2.42. The van der Waals surface area contributed by atoms with Gasteiger partial charge in [-0.2, -0.15) is 13.2 Å². The van der Waals surface area contributed by atoms with Crippen molar-refractivity contribution in [1.82, 2.24) is 14.7 Å². The van der Waals surface area contributed by atoms with Crippen LogP contribution in [-0.4, -0.2) is 98.1 Å². The maximum Gasteiger partial charge on any atom is 0.416 e. The van der Waals surface area contributed by atoms with Crippen LogP contribution in [0.25, 0.3) is 0 Å². The molecule has 2 fully saturated rings. The van der Waals surface area contributed by atoms with Gasteiger partial charge in [0, 0.05) is 57.7 Å². The summed E-state index contributed by atoms with van der Waals surface area (Å²) in [6.45, 7) is 7.29. The summed E-state index contributed by atoms with van der Waals surface area (Å²) in [5.41, 5.74) is -0.427. The fraction of sp³-hybridized carbons (Fsp3) is 0.680. The summed E-state index contributed by atoms with van der Waals surface area (Å²) in [5, 5.41) is 9.88. The predicted octanol–water partition coefficient (Wildman–Crippen LogP) is 4.22. The molecule has 2 atom stereocenters. The van der Waals surface area contributed by atoms with Crippen molar-refractivity contribution in [3.8, 4) is 0 Å². The van der Waals surface area contributed by atoms with Crippen LogP contribution in [0.2, 0.25) is 0 Å². The van der Waals surface area contributed by atoms with E-state index in [9.17, 15) is 27.9 Å². The summed E-state index contributed by atoms with van der Waals surface area (Å²) in [4.78, 5) is 30.2. The molecule has 2 saturated heterocycles. The van der Waals surface area contributed by atoms with Crippen LogP contribution in [0.5, 0.6) is 0 Å². The third-order valence-electron chi connectivity index (χ3n) is 6.70. The lowest BCUT2D eigenvalue weighted by molar-refractivity contribution is -0.137. The number of halogens is 3. The molecule has 0 aromatic heterocycles. The van der Waals surface area contributed by atoms with E-state index < -0.39 is 23.2 Å². The molecule has 36 heavy (non-hydrogen) atoms. The number of amides is 3. The number of ether oxygens (including phenoxy) is 2. The summed E-state index contributed by atoms with van der Waals surface area (Å²) in [5.74, 6) is -0.385. The lowest BCUT2D eigenvalue weighted by Crippen LogP contribution is -2.54. The Labute approximate surface area is 209 Å². The van der Waals surface area contributed by atoms with Gasteiger partial charge >= 0.3 is 18.3 Å². The maximum atomic E-state index is 13.3. The van der Waals surface area contributed by atoms with E-state index in [0.29, 0.717) is 58.0 Å². The minimum absolute atomic E-state index is 0.151. The number of benzene rings is 1. The molecule has 3 rings (SSSR count). The van der Waals surface area contributed by atoms with Gasteiger partial charge < -0.3 is 29.3 Å². The summed E-state index contributed by atoms with van der Waals surface area (Å²) in [6, 6.07) is 4.89. The highest BCUT2D eigenvalue weighted by Crippen LogP contribution is 2.35. The molecule has 2 aliphatic heterocycles. The molecule has 8 nitrogen and oxygen atoms in total. The Morgan fingerprint density at radius 1 is 1.11 bits per heavy atom. The van der Waals surface area contributed by atoms with Gasteiger partial charge in [-0.1, -0.05) is 26.0 Å². The quantitative estimate of drug-likeness (QED) is 0.588. The van der Waals surface area contributed by atoms with Crippen LogP contribution < -0.4 is 0 Å².